The lowest BCUT2D eigenvalue weighted by molar-refractivity contribution is -0.133. The van der Waals surface area contributed by atoms with E-state index in [1.807, 2.05) is 23.1 Å². The van der Waals surface area contributed by atoms with Gasteiger partial charge in [-0.2, -0.15) is 15.2 Å². The molecular weight excluding hydrogens is 552 g/mol. The third-order valence-electron chi connectivity index (χ3n) is 8.87. The number of aryl methyl sites for hydroxylation is 1. The number of ether oxygens (including phenoxy) is 1. The lowest BCUT2D eigenvalue weighted by Gasteiger charge is -2.42. The van der Waals surface area contributed by atoms with Crippen LogP contribution in [0.25, 0.3) is 10.8 Å². The molecule has 0 bridgehead atoms. The van der Waals surface area contributed by atoms with Crippen molar-refractivity contribution in [2.45, 2.75) is 44.8 Å². The number of rotatable bonds is 8. The van der Waals surface area contributed by atoms with Crippen LogP contribution in [0.4, 0.5) is 11.5 Å². The van der Waals surface area contributed by atoms with Crippen LogP contribution >= 0.6 is 0 Å². The number of pyridine rings is 1. The average Bonchev–Trinajstić information content (AvgIpc) is 3.90. The van der Waals surface area contributed by atoms with Gasteiger partial charge in [0.05, 0.1) is 43.4 Å². The van der Waals surface area contributed by atoms with Crippen LogP contribution in [0.5, 0.6) is 6.01 Å². The van der Waals surface area contributed by atoms with E-state index in [-0.39, 0.29) is 24.4 Å². The molecule has 3 aliphatic rings. The minimum absolute atomic E-state index is 0.0918. The Hall–Kier alpha value is -4.75. The van der Waals surface area contributed by atoms with Crippen LogP contribution in [0.3, 0.4) is 0 Å². The monoisotopic (exact) mass is 588 g/mol. The van der Waals surface area contributed by atoms with Crippen LogP contribution in [0.1, 0.15) is 28.9 Å². The first kappa shape index (κ1) is 28.0. The first-order valence-electron chi connectivity index (χ1n) is 15.4. The van der Waals surface area contributed by atoms with Gasteiger partial charge in [-0.15, -0.1) is 0 Å². The second-order valence-corrected chi connectivity index (χ2v) is 11.8. The molecule has 0 saturated carbocycles. The van der Waals surface area contributed by atoms with Crippen LogP contribution in [0, 0.1) is 18.3 Å². The summed E-state index contributed by atoms with van der Waals surface area (Å²) in [5.74, 6) is 0.949. The topological polar surface area (TPSA) is 120 Å². The van der Waals surface area contributed by atoms with E-state index in [4.69, 9.17) is 14.7 Å². The van der Waals surface area contributed by atoms with Gasteiger partial charge in [0.25, 0.3) is 0 Å². The van der Waals surface area contributed by atoms with Crippen LogP contribution in [-0.2, 0) is 24.2 Å². The largest absolute Gasteiger partial charge is 0.463 e. The summed E-state index contributed by atoms with van der Waals surface area (Å²) < 4.78 is 6.18. The van der Waals surface area contributed by atoms with E-state index in [0.29, 0.717) is 51.8 Å². The predicted molar refractivity (Wildman–Crippen MR) is 169 cm³/mol. The van der Waals surface area contributed by atoms with Gasteiger partial charge < -0.3 is 24.8 Å². The molecule has 7 rings (SSSR count). The van der Waals surface area contributed by atoms with E-state index in [1.165, 1.54) is 22.0 Å². The SMILES string of the molecule is Cc1cccc2cccc(N3CCc4c(nc(OCCc5ccccn5)nc4N4CCN(C(=O)[C@@H]5CN5)[C@@H](CC#N)C4)C3)c12. The van der Waals surface area contributed by atoms with Gasteiger partial charge in [-0.25, -0.2) is 0 Å². The number of hydrogen-bond donors (Lipinski definition) is 1. The van der Waals surface area contributed by atoms with Gasteiger partial charge in [0.15, 0.2) is 0 Å². The van der Waals surface area contributed by atoms with Gasteiger partial charge in [-0.05, 0) is 42.5 Å². The van der Waals surface area contributed by atoms with Crippen molar-refractivity contribution in [2.75, 3.05) is 49.1 Å². The standard InChI is InChI=1S/C34H36N8O2/c1-23-6-4-7-24-8-5-10-30(31(23)24)40-16-12-27-29(22-40)38-34(44-19-13-25-9-2-3-15-36-25)39-32(27)41-17-18-42(26(21-41)11-14-35)33(43)28-20-37-28/h2-10,15,26,28,37H,11-13,16-22H2,1H3/t26-,28-/m0/s1. The zero-order valence-corrected chi connectivity index (χ0v) is 24.9. The van der Waals surface area contributed by atoms with E-state index in [1.54, 1.807) is 6.20 Å². The number of amides is 1. The van der Waals surface area contributed by atoms with E-state index in [0.717, 1.165) is 35.7 Å². The molecule has 2 atom stereocenters. The molecular formula is C34H36N8O2. The molecule has 10 heteroatoms. The highest BCUT2D eigenvalue weighted by molar-refractivity contribution is 5.97. The van der Waals surface area contributed by atoms with Gasteiger partial charge in [-0.1, -0.05) is 36.4 Å². The Morgan fingerprint density at radius 1 is 1.07 bits per heavy atom. The van der Waals surface area contributed by atoms with Gasteiger partial charge >= 0.3 is 6.01 Å². The molecule has 0 spiro atoms. The van der Waals surface area contributed by atoms with Crippen molar-refractivity contribution in [3.05, 3.63) is 83.3 Å². The van der Waals surface area contributed by atoms with Crippen molar-refractivity contribution in [3.63, 3.8) is 0 Å². The minimum atomic E-state index is -0.193. The Morgan fingerprint density at radius 3 is 2.73 bits per heavy atom. The quantitative estimate of drug-likeness (QED) is 0.309. The molecule has 2 aromatic carbocycles. The van der Waals surface area contributed by atoms with Crippen LogP contribution in [-0.4, -0.2) is 77.2 Å². The average molecular weight is 589 g/mol. The van der Waals surface area contributed by atoms with Gasteiger partial charge in [0.1, 0.15) is 5.82 Å². The highest BCUT2D eigenvalue weighted by Gasteiger charge is 2.39. The lowest BCUT2D eigenvalue weighted by Crippen LogP contribution is -2.57. The van der Waals surface area contributed by atoms with Gasteiger partial charge in [0, 0.05) is 67.7 Å². The number of piperazine rings is 1. The van der Waals surface area contributed by atoms with Crippen molar-refractivity contribution in [2.24, 2.45) is 0 Å². The Labute approximate surface area is 257 Å². The molecule has 2 saturated heterocycles. The minimum Gasteiger partial charge on any atom is -0.463 e. The maximum absolute atomic E-state index is 13.0. The van der Waals surface area contributed by atoms with Crippen LogP contribution < -0.4 is 19.9 Å². The number of carbonyl (C=O) groups excluding carboxylic acids is 1. The second kappa shape index (κ2) is 12.1. The van der Waals surface area contributed by atoms with Crippen molar-refractivity contribution in [3.8, 4) is 12.1 Å². The number of nitrogens with zero attached hydrogens (tertiary/aromatic N) is 7. The molecule has 1 N–H and O–H groups in total. The van der Waals surface area contributed by atoms with Gasteiger partial charge in [-0.3, -0.25) is 9.78 Å². The van der Waals surface area contributed by atoms with Crippen LogP contribution in [0.2, 0.25) is 0 Å². The smallest absolute Gasteiger partial charge is 0.318 e. The van der Waals surface area contributed by atoms with Crippen molar-refractivity contribution < 1.29 is 9.53 Å². The van der Waals surface area contributed by atoms with Crippen molar-refractivity contribution in [1.29, 1.82) is 5.26 Å². The molecule has 2 aromatic heterocycles. The van der Waals surface area contributed by atoms with E-state index in [9.17, 15) is 10.1 Å². The fraction of sp³-hybridized carbons (Fsp3) is 0.382. The summed E-state index contributed by atoms with van der Waals surface area (Å²) in [6.45, 7) is 6.52. The predicted octanol–water partition coefficient (Wildman–Crippen LogP) is 3.42. The molecule has 0 unspecified atom stereocenters. The first-order chi connectivity index (χ1) is 21.6. The van der Waals surface area contributed by atoms with Gasteiger partial charge in [0.2, 0.25) is 5.91 Å². The summed E-state index contributed by atoms with van der Waals surface area (Å²) in [6, 6.07) is 21.1. The highest BCUT2D eigenvalue weighted by atomic mass is 16.5. The van der Waals surface area contributed by atoms with E-state index in [2.05, 4.69) is 69.5 Å². The molecule has 224 valence electrons. The van der Waals surface area contributed by atoms with E-state index < -0.39 is 0 Å². The Balaban J connectivity index is 1.20. The van der Waals surface area contributed by atoms with Crippen LogP contribution in [0.15, 0.2) is 60.8 Å². The number of carbonyl (C=O) groups is 1. The number of nitriles is 1. The zero-order chi connectivity index (χ0) is 30.0. The number of hydrogen-bond acceptors (Lipinski definition) is 9. The summed E-state index contributed by atoms with van der Waals surface area (Å²) in [6.07, 6.45) is 3.51. The number of anilines is 2. The molecule has 4 aromatic rings. The molecule has 5 heterocycles. The van der Waals surface area contributed by atoms with Crippen molar-refractivity contribution in [1.82, 2.24) is 25.2 Å². The summed E-state index contributed by atoms with van der Waals surface area (Å²) in [5.41, 5.74) is 5.49. The van der Waals surface area contributed by atoms with Crippen molar-refractivity contribution >= 4 is 28.2 Å². The molecule has 10 nitrogen and oxygen atoms in total. The normalized spacial score (nSPS) is 19.4. The number of benzene rings is 2. The lowest BCUT2D eigenvalue weighted by atomic mass is 9.99. The molecule has 0 radical (unpaired) electrons. The zero-order valence-electron chi connectivity index (χ0n) is 24.9. The summed E-state index contributed by atoms with van der Waals surface area (Å²) in [7, 11) is 0. The number of fused-ring (bicyclic) bond motifs is 2. The fourth-order valence-corrected chi connectivity index (χ4v) is 6.53. The number of aromatic nitrogens is 3. The Bertz CT molecular complexity index is 1710. The summed E-state index contributed by atoms with van der Waals surface area (Å²) >= 11 is 0. The first-order valence-corrected chi connectivity index (χ1v) is 15.4. The summed E-state index contributed by atoms with van der Waals surface area (Å²) in [4.78, 5) is 33.8. The summed E-state index contributed by atoms with van der Waals surface area (Å²) in [5, 5.41) is 15.2. The molecule has 44 heavy (non-hydrogen) atoms. The fourth-order valence-electron chi connectivity index (χ4n) is 6.53. The Morgan fingerprint density at radius 2 is 1.93 bits per heavy atom. The third kappa shape index (κ3) is 5.63. The number of nitrogens with one attached hydrogen (secondary N) is 1. The Kier molecular flexibility index (Phi) is 7.71. The highest BCUT2D eigenvalue weighted by Crippen LogP contribution is 2.36. The molecule has 0 aliphatic carbocycles. The molecule has 2 fully saturated rings. The molecule has 3 aliphatic heterocycles. The van der Waals surface area contributed by atoms with E-state index >= 15 is 0 Å². The second-order valence-electron chi connectivity index (χ2n) is 11.8. The third-order valence-corrected chi connectivity index (χ3v) is 8.87. The maximum Gasteiger partial charge on any atom is 0.318 e. The maximum atomic E-state index is 13.0. The molecule has 1 amide bonds.